The minimum absolute atomic E-state index is 0.00493. The Labute approximate surface area is 192 Å². The maximum Gasteiger partial charge on any atom is 0.243 e. The van der Waals surface area contributed by atoms with Gasteiger partial charge >= 0.3 is 0 Å². The number of morpholine rings is 1. The third-order valence-corrected chi connectivity index (χ3v) is 8.68. The Morgan fingerprint density at radius 2 is 1.78 bits per heavy atom. The van der Waals surface area contributed by atoms with Crippen molar-refractivity contribution in [3.63, 3.8) is 0 Å². The van der Waals surface area contributed by atoms with Crippen molar-refractivity contribution in [2.75, 3.05) is 32.8 Å². The normalized spacial score (nSPS) is 17.1. The molecule has 0 aliphatic carbocycles. The summed E-state index contributed by atoms with van der Waals surface area (Å²) in [7, 11) is -3.53. The van der Waals surface area contributed by atoms with E-state index in [-0.39, 0.29) is 36.1 Å². The first-order chi connectivity index (χ1) is 15.4. The number of fused-ring (bicyclic) bond motifs is 1. The van der Waals surface area contributed by atoms with E-state index >= 15 is 0 Å². The molecular weight excluding hydrogens is 450 g/mol. The van der Waals surface area contributed by atoms with Gasteiger partial charge in [-0.15, -0.1) is 11.3 Å². The van der Waals surface area contributed by atoms with Crippen molar-refractivity contribution in [3.05, 3.63) is 51.7 Å². The van der Waals surface area contributed by atoms with Crippen LogP contribution in [0.2, 0.25) is 0 Å². The number of carbonyl (C=O) groups is 2. The SMILES string of the molecule is O=C(CCC(=O)N1CCc2sccc2C1)NCc1ccc(S(=O)(=O)N2CCOCC2)cc1. The van der Waals surface area contributed by atoms with E-state index in [0.29, 0.717) is 39.4 Å². The van der Waals surface area contributed by atoms with Gasteiger partial charge in [0.05, 0.1) is 18.1 Å². The molecule has 1 saturated heterocycles. The molecule has 172 valence electrons. The number of carbonyl (C=O) groups excluding carboxylic acids is 2. The Hall–Kier alpha value is -2.27. The number of ether oxygens (including phenoxy) is 1. The summed E-state index contributed by atoms with van der Waals surface area (Å²) in [5, 5.41) is 4.86. The number of thiophene rings is 1. The lowest BCUT2D eigenvalue weighted by Crippen LogP contribution is -2.40. The molecule has 1 aromatic heterocycles. The van der Waals surface area contributed by atoms with Crippen molar-refractivity contribution in [2.45, 2.75) is 37.2 Å². The minimum Gasteiger partial charge on any atom is -0.379 e. The van der Waals surface area contributed by atoms with Gasteiger partial charge in [0.15, 0.2) is 0 Å². The summed E-state index contributed by atoms with van der Waals surface area (Å²) in [6.07, 6.45) is 1.19. The molecule has 0 unspecified atom stereocenters. The maximum absolute atomic E-state index is 12.7. The van der Waals surface area contributed by atoms with Gasteiger partial charge in [-0.2, -0.15) is 4.31 Å². The highest BCUT2D eigenvalue weighted by Gasteiger charge is 2.26. The van der Waals surface area contributed by atoms with Crippen LogP contribution in [0, 0.1) is 0 Å². The Kier molecular flexibility index (Phi) is 7.24. The van der Waals surface area contributed by atoms with Gasteiger partial charge in [-0.1, -0.05) is 12.1 Å². The highest BCUT2D eigenvalue weighted by atomic mass is 32.2. The number of nitrogens with one attached hydrogen (secondary N) is 1. The van der Waals surface area contributed by atoms with E-state index in [0.717, 1.165) is 12.0 Å². The van der Waals surface area contributed by atoms with Crippen LogP contribution in [0.1, 0.15) is 28.8 Å². The molecule has 2 amide bonds. The average molecular weight is 478 g/mol. The lowest BCUT2D eigenvalue weighted by atomic mass is 10.1. The Bertz CT molecular complexity index is 1060. The zero-order chi connectivity index (χ0) is 22.6. The van der Waals surface area contributed by atoms with Crippen LogP contribution in [0.5, 0.6) is 0 Å². The van der Waals surface area contributed by atoms with Gasteiger partial charge in [0, 0.05) is 50.4 Å². The zero-order valence-corrected chi connectivity index (χ0v) is 19.4. The van der Waals surface area contributed by atoms with Crippen molar-refractivity contribution >= 4 is 33.2 Å². The first kappa shape index (κ1) is 22.9. The van der Waals surface area contributed by atoms with Crippen molar-refractivity contribution in [3.8, 4) is 0 Å². The van der Waals surface area contributed by atoms with E-state index < -0.39 is 10.0 Å². The number of sulfonamides is 1. The number of hydrogen-bond donors (Lipinski definition) is 1. The molecule has 0 bridgehead atoms. The summed E-state index contributed by atoms with van der Waals surface area (Å²) >= 11 is 1.73. The monoisotopic (exact) mass is 477 g/mol. The van der Waals surface area contributed by atoms with E-state index in [9.17, 15) is 18.0 Å². The topological polar surface area (TPSA) is 96.0 Å². The summed E-state index contributed by atoms with van der Waals surface area (Å²) in [5.74, 6) is -0.203. The van der Waals surface area contributed by atoms with Crippen LogP contribution in [0.15, 0.2) is 40.6 Å². The molecule has 1 N–H and O–H groups in total. The van der Waals surface area contributed by atoms with Gasteiger partial charge in [-0.05, 0) is 41.1 Å². The number of amides is 2. The molecule has 0 atom stereocenters. The van der Waals surface area contributed by atoms with Gasteiger partial charge in [0.1, 0.15) is 0 Å². The fourth-order valence-electron chi connectivity index (χ4n) is 3.84. The zero-order valence-electron chi connectivity index (χ0n) is 17.8. The second kappa shape index (κ2) is 10.1. The van der Waals surface area contributed by atoms with Crippen molar-refractivity contribution in [1.82, 2.24) is 14.5 Å². The summed E-state index contributed by atoms with van der Waals surface area (Å²) in [6.45, 7) is 3.12. The molecule has 0 saturated carbocycles. The summed E-state index contributed by atoms with van der Waals surface area (Å²) in [5.41, 5.74) is 2.00. The lowest BCUT2D eigenvalue weighted by Gasteiger charge is -2.27. The number of benzene rings is 1. The highest BCUT2D eigenvalue weighted by Crippen LogP contribution is 2.24. The van der Waals surface area contributed by atoms with Crippen LogP contribution in [0.4, 0.5) is 0 Å². The molecule has 8 nitrogen and oxygen atoms in total. The molecule has 0 spiro atoms. The second-order valence-corrected chi connectivity index (χ2v) is 10.8. The Balaban J connectivity index is 1.22. The van der Waals surface area contributed by atoms with Crippen LogP contribution >= 0.6 is 11.3 Å². The number of rotatable bonds is 7. The van der Waals surface area contributed by atoms with Gasteiger partial charge in [-0.3, -0.25) is 9.59 Å². The van der Waals surface area contributed by atoms with E-state index in [2.05, 4.69) is 16.8 Å². The van der Waals surface area contributed by atoms with E-state index in [1.807, 2.05) is 4.90 Å². The predicted molar refractivity (Wildman–Crippen MR) is 121 cm³/mol. The van der Waals surface area contributed by atoms with Gasteiger partial charge in [0.25, 0.3) is 0 Å². The summed E-state index contributed by atoms with van der Waals surface area (Å²) in [4.78, 5) is 28.0. The Morgan fingerprint density at radius 1 is 1.03 bits per heavy atom. The first-order valence-corrected chi connectivity index (χ1v) is 13.0. The van der Waals surface area contributed by atoms with Gasteiger partial charge in [-0.25, -0.2) is 8.42 Å². The van der Waals surface area contributed by atoms with Crippen LogP contribution in [0.25, 0.3) is 0 Å². The van der Waals surface area contributed by atoms with Gasteiger partial charge < -0.3 is 15.0 Å². The smallest absolute Gasteiger partial charge is 0.243 e. The largest absolute Gasteiger partial charge is 0.379 e. The van der Waals surface area contributed by atoms with Crippen LogP contribution in [0.3, 0.4) is 0 Å². The molecule has 32 heavy (non-hydrogen) atoms. The van der Waals surface area contributed by atoms with E-state index in [1.54, 1.807) is 35.6 Å². The molecule has 1 fully saturated rings. The first-order valence-electron chi connectivity index (χ1n) is 10.7. The molecule has 2 aliphatic heterocycles. The second-order valence-electron chi connectivity index (χ2n) is 7.87. The molecule has 1 aromatic carbocycles. The Morgan fingerprint density at radius 3 is 2.53 bits per heavy atom. The predicted octanol–water partition coefficient (Wildman–Crippen LogP) is 1.75. The minimum atomic E-state index is -3.53. The fraction of sp³-hybridized carbons (Fsp3) is 0.455. The number of nitrogens with zero attached hydrogens (tertiary/aromatic N) is 2. The van der Waals surface area contributed by atoms with Crippen molar-refractivity contribution in [2.24, 2.45) is 0 Å². The summed E-state index contributed by atoms with van der Waals surface area (Å²) in [6, 6.07) is 8.58. The van der Waals surface area contributed by atoms with E-state index in [1.165, 1.54) is 14.7 Å². The third-order valence-electron chi connectivity index (χ3n) is 5.75. The van der Waals surface area contributed by atoms with Crippen LogP contribution in [-0.4, -0.2) is 62.3 Å². The van der Waals surface area contributed by atoms with Crippen molar-refractivity contribution in [1.29, 1.82) is 0 Å². The maximum atomic E-state index is 12.7. The quantitative estimate of drug-likeness (QED) is 0.656. The molecule has 3 heterocycles. The lowest BCUT2D eigenvalue weighted by molar-refractivity contribution is -0.134. The standard InChI is InChI=1S/C22H27N3O5S2/c26-21(5-6-22(27)24-9-7-20-18(16-24)8-14-31-20)23-15-17-1-3-19(4-2-17)32(28,29)25-10-12-30-13-11-25/h1-4,8,14H,5-7,9-13,15-16H2,(H,23,26). The van der Waals surface area contributed by atoms with Crippen LogP contribution < -0.4 is 5.32 Å². The molecule has 10 heteroatoms. The molecular formula is C22H27N3O5S2. The van der Waals surface area contributed by atoms with Crippen LogP contribution in [-0.2, 0) is 43.9 Å². The average Bonchev–Trinajstić information content (AvgIpc) is 3.30. The summed E-state index contributed by atoms with van der Waals surface area (Å²) < 4.78 is 32.0. The molecule has 2 aliphatic rings. The third kappa shape index (κ3) is 5.37. The highest BCUT2D eigenvalue weighted by molar-refractivity contribution is 7.89. The van der Waals surface area contributed by atoms with E-state index in [4.69, 9.17) is 4.74 Å². The molecule has 0 radical (unpaired) electrons. The van der Waals surface area contributed by atoms with Crippen molar-refractivity contribution < 1.29 is 22.7 Å². The molecule has 2 aromatic rings. The molecule has 4 rings (SSSR count). The van der Waals surface area contributed by atoms with Gasteiger partial charge in [0.2, 0.25) is 21.8 Å². The fourth-order valence-corrected chi connectivity index (χ4v) is 6.14. The number of hydrogen-bond acceptors (Lipinski definition) is 6.